The highest BCUT2D eigenvalue weighted by Gasteiger charge is 2.63. The van der Waals surface area contributed by atoms with Crippen LogP contribution in [0.15, 0.2) is 75.3 Å². The maximum Gasteiger partial charge on any atom is 0.333 e. The van der Waals surface area contributed by atoms with E-state index in [2.05, 4.69) is 0 Å². The number of aliphatic hydroxyl groups is 1. The third kappa shape index (κ3) is 4.62. The molecule has 196 valence electrons. The Morgan fingerprint density at radius 3 is 2.41 bits per heavy atom. The van der Waals surface area contributed by atoms with Crippen LogP contribution in [0.25, 0.3) is 0 Å². The first-order chi connectivity index (χ1) is 17.6. The summed E-state index contributed by atoms with van der Waals surface area (Å²) in [6.45, 7) is 1.38. The lowest BCUT2D eigenvalue weighted by Crippen LogP contribution is -2.61. The van der Waals surface area contributed by atoms with Crippen LogP contribution < -0.4 is 16.0 Å². The molecule has 3 heterocycles. The Hall–Kier alpha value is -3.29. The monoisotopic (exact) mass is 530 g/mol. The minimum absolute atomic E-state index is 0.00566. The third-order valence-electron chi connectivity index (χ3n) is 6.62. The van der Waals surface area contributed by atoms with Gasteiger partial charge in [0.05, 0.1) is 25.2 Å². The van der Waals surface area contributed by atoms with Crippen molar-refractivity contribution in [3.63, 3.8) is 0 Å². The van der Waals surface area contributed by atoms with Crippen LogP contribution in [-0.2, 0) is 30.3 Å². The second-order valence-corrected chi connectivity index (χ2v) is 10.7. The molecule has 2 fully saturated rings. The van der Waals surface area contributed by atoms with E-state index in [0.717, 1.165) is 14.7 Å². The molecule has 11 nitrogen and oxygen atoms in total. The van der Waals surface area contributed by atoms with Gasteiger partial charge in [-0.3, -0.25) is 18.1 Å². The Morgan fingerprint density at radius 1 is 1.08 bits per heavy atom. The molecule has 2 aliphatic rings. The Bertz CT molecular complexity index is 1510. The average Bonchev–Trinajstić information content (AvgIpc) is 3.05. The fourth-order valence-corrected chi connectivity index (χ4v) is 5.41. The molecule has 1 N–H and O–H groups in total. The number of ether oxygens (including phenoxy) is 3. The Balaban J connectivity index is 1.37. The lowest BCUT2D eigenvalue weighted by molar-refractivity contribution is -0.243. The van der Waals surface area contributed by atoms with Crippen LogP contribution in [0.4, 0.5) is 0 Å². The number of hydrogen-bond donors (Lipinski definition) is 1. The van der Waals surface area contributed by atoms with Crippen LogP contribution in [0.3, 0.4) is 0 Å². The summed E-state index contributed by atoms with van der Waals surface area (Å²) in [5.74, 6) is 0.636. The molecule has 5 rings (SSSR count). The zero-order chi connectivity index (χ0) is 26.4. The lowest BCUT2D eigenvalue weighted by atomic mass is 9.91. The highest BCUT2D eigenvalue weighted by molar-refractivity contribution is 7.86. The van der Waals surface area contributed by atoms with Crippen LogP contribution in [0.2, 0.25) is 0 Å². The zero-order valence-corrected chi connectivity index (χ0v) is 21.0. The molecule has 12 heteroatoms. The van der Waals surface area contributed by atoms with Gasteiger partial charge in [-0.2, -0.15) is 8.42 Å². The van der Waals surface area contributed by atoms with E-state index in [4.69, 9.17) is 18.4 Å². The van der Waals surface area contributed by atoms with Crippen molar-refractivity contribution in [1.29, 1.82) is 0 Å². The SMILES string of the molecule is COc1ccc(Cn2c(=O)ccn([C@@H]3O[C@@]4(COS(=O)(=O)c5ccc(C)cc5)CO[C@H]4[C@H]3O)c2=O)cc1. The molecule has 4 atom stereocenters. The van der Waals surface area contributed by atoms with Crippen molar-refractivity contribution in [3.8, 4) is 5.75 Å². The number of nitrogens with zero attached hydrogens (tertiary/aromatic N) is 2. The van der Waals surface area contributed by atoms with E-state index < -0.39 is 52.0 Å². The molecule has 2 aliphatic heterocycles. The number of aryl methyl sites for hydroxylation is 1. The van der Waals surface area contributed by atoms with Crippen LogP contribution >= 0.6 is 0 Å². The van der Waals surface area contributed by atoms with Gasteiger partial charge in [0.15, 0.2) is 6.23 Å². The lowest BCUT2D eigenvalue weighted by Gasteiger charge is -2.42. The molecule has 0 radical (unpaired) electrons. The van der Waals surface area contributed by atoms with Gasteiger partial charge >= 0.3 is 5.69 Å². The van der Waals surface area contributed by atoms with Gasteiger partial charge in [-0.15, -0.1) is 0 Å². The van der Waals surface area contributed by atoms with Crippen molar-refractivity contribution < 1.29 is 31.9 Å². The van der Waals surface area contributed by atoms with Crippen LogP contribution in [0, 0.1) is 6.92 Å². The van der Waals surface area contributed by atoms with Crippen molar-refractivity contribution >= 4 is 10.1 Å². The number of hydrogen-bond acceptors (Lipinski definition) is 9. The number of methoxy groups -OCH3 is 1. The molecular weight excluding hydrogens is 504 g/mol. The third-order valence-corrected chi connectivity index (χ3v) is 7.90. The molecule has 0 amide bonds. The molecule has 0 spiro atoms. The van der Waals surface area contributed by atoms with Crippen molar-refractivity contribution in [3.05, 3.63) is 92.8 Å². The molecule has 2 aromatic carbocycles. The summed E-state index contributed by atoms with van der Waals surface area (Å²) < 4.78 is 49.4. The molecule has 1 aromatic heterocycles. The zero-order valence-electron chi connectivity index (χ0n) is 20.1. The highest BCUT2D eigenvalue weighted by Crippen LogP contribution is 2.45. The van der Waals surface area contributed by atoms with Gasteiger partial charge in [0.2, 0.25) is 0 Å². The molecular formula is C25H26N2O9S. The van der Waals surface area contributed by atoms with Gasteiger partial charge < -0.3 is 19.3 Å². The molecule has 0 aliphatic carbocycles. The summed E-state index contributed by atoms with van der Waals surface area (Å²) in [4.78, 5) is 25.7. The number of fused-ring (bicyclic) bond motifs is 1. The summed E-state index contributed by atoms with van der Waals surface area (Å²) in [6.07, 6.45) is -2.19. The molecule has 3 aromatic rings. The second-order valence-electron chi connectivity index (χ2n) is 9.10. The second kappa shape index (κ2) is 9.54. The van der Waals surface area contributed by atoms with E-state index in [1.807, 2.05) is 6.92 Å². The number of aromatic nitrogens is 2. The van der Waals surface area contributed by atoms with E-state index in [1.54, 1.807) is 36.4 Å². The largest absolute Gasteiger partial charge is 0.497 e. The topological polar surface area (TPSA) is 135 Å². The summed E-state index contributed by atoms with van der Waals surface area (Å²) in [7, 11) is -2.56. The molecule has 0 bridgehead atoms. The van der Waals surface area contributed by atoms with Crippen molar-refractivity contribution in [2.24, 2.45) is 0 Å². The van der Waals surface area contributed by atoms with E-state index in [1.165, 1.54) is 31.5 Å². The van der Waals surface area contributed by atoms with Crippen molar-refractivity contribution in [2.45, 2.75) is 42.4 Å². The quantitative estimate of drug-likeness (QED) is 0.420. The predicted octanol–water partition coefficient (Wildman–Crippen LogP) is 0.808. The first-order valence-electron chi connectivity index (χ1n) is 11.5. The van der Waals surface area contributed by atoms with E-state index >= 15 is 0 Å². The summed E-state index contributed by atoms with van der Waals surface area (Å²) >= 11 is 0. The first-order valence-corrected chi connectivity index (χ1v) is 12.9. The molecule has 37 heavy (non-hydrogen) atoms. The smallest absolute Gasteiger partial charge is 0.333 e. The van der Waals surface area contributed by atoms with E-state index in [-0.39, 0.29) is 18.0 Å². The van der Waals surface area contributed by atoms with E-state index in [0.29, 0.717) is 11.3 Å². The number of rotatable bonds is 8. The fraction of sp³-hybridized carbons (Fsp3) is 0.360. The van der Waals surface area contributed by atoms with Crippen molar-refractivity contribution in [1.82, 2.24) is 9.13 Å². The van der Waals surface area contributed by atoms with Crippen LogP contribution in [0.5, 0.6) is 5.75 Å². The molecule has 2 saturated heterocycles. The maximum atomic E-state index is 13.3. The summed E-state index contributed by atoms with van der Waals surface area (Å²) in [5.41, 5.74) is -0.907. The fourth-order valence-electron chi connectivity index (χ4n) is 4.45. The normalized spacial score (nSPS) is 24.9. The minimum atomic E-state index is -4.09. The Kier molecular flexibility index (Phi) is 6.54. The molecule has 0 saturated carbocycles. The van der Waals surface area contributed by atoms with Crippen LogP contribution in [0.1, 0.15) is 17.4 Å². The van der Waals surface area contributed by atoms with Gasteiger partial charge in [0, 0.05) is 12.3 Å². The number of aliphatic hydroxyl groups excluding tert-OH is 1. The predicted molar refractivity (Wildman–Crippen MR) is 130 cm³/mol. The molecule has 0 unspecified atom stereocenters. The maximum absolute atomic E-state index is 13.3. The Morgan fingerprint density at radius 2 is 1.78 bits per heavy atom. The Labute approximate surface area is 212 Å². The summed E-state index contributed by atoms with van der Waals surface area (Å²) in [5, 5.41) is 10.9. The van der Waals surface area contributed by atoms with Gasteiger partial charge in [-0.25, -0.2) is 4.79 Å². The minimum Gasteiger partial charge on any atom is -0.497 e. The summed E-state index contributed by atoms with van der Waals surface area (Å²) in [6, 6.07) is 14.3. The van der Waals surface area contributed by atoms with E-state index in [9.17, 15) is 23.1 Å². The number of benzene rings is 2. The highest BCUT2D eigenvalue weighted by atomic mass is 32.2. The van der Waals surface area contributed by atoms with Gasteiger partial charge in [0.25, 0.3) is 15.7 Å². The van der Waals surface area contributed by atoms with Crippen molar-refractivity contribution in [2.75, 3.05) is 20.3 Å². The standard InChI is InChI=1S/C25H26N2O9S/c1-16-3-9-19(10-4-16)37(31,32)35-15-25-14-34-22(25)21(29)23(36-25)26-12-11-20(28)27(24(26)30)13-17-5-7-18(33-2)8-6-17/h3-12,21-23,29H,13-15H2,1-2H3/t21-,22+,23-,25-/m1/s1. The first kappa shape index (κ1) is 25.4. The van der Waals surface area contributed by atoms with Gasteiger partial charge in [0.1, 0.15) is 30.2 Å². The van der Waals surface area contributed by atoms with Gasteiger partial charge in [-0.1, -0.05) is 29.8 Å². The van der Waals surface area contributed by atoms with Gasteiger partial charge in [-0.05, 0) is 36.8 Å². The average molecular weight is 531 g/mol. The van der Waals surface area contributed by atoms with Crippen LogP contribution in [-0.4, -0.2) is 60.8 Å².